The van der Waals surface area contributed by atoms with Crippen LogP contribution in [0.15, 0.2) is 41.7 Å². The third kappa shape index (κ3) is 3.74. The van der Waals surface area contributed by atoms with Gasteiger partial charge in [-0.2, -0.15) is 0 Å². The fraction of sp³-hybridized carbons (Fsp3) is 0.286. The first-order valence-electron chi connectivity index (χ1n) is 6.02. The quantitative estimate of drug-likeness (QED) is 0.834. The molecule has 0 radical (unpaired) electrons. The molecule has 0 saturated heterocycles. The highest BCUT2D eigenvalue weighted by atomic mass is 32.2. The summed E-state index contributed by atoms with van der Waals surface area (Å²) in [5, 5.41) is 4.12. The Kier molecular flexibility index (Phi) is 4.59. The van der Waals surface area contributed by atoms with Gasteiger partial charge in [0.2, 0.25) is 0 Å². The average molecular weight is 259 g/mol. The smallest absolute Gasteiger partial charge is 0.145 e. The van der Waals surface area contributed by atoms with Gasteiger partial charge in [-0.3, -0.25) is 4.98 Å². The summed E-state index contributed by atoms with van der Waals surface area (Å²) < 4.78 is 0. The van der Waals surface area contributed by atoms with E-state index in [1.807, 2.05) is 6.92 Å². The van der Waals surface area contributed by atoms with Crippen molar-refractivity contribution in [2.45, 2.75) is 24.6 Å². The van der Waals surface area contributed by atoms with E-state index in [1.165, 1.54) is 11.1 Å². The zero-order chi connectivity index (χ0) is 12.8. The second-order valence-electron chi connectivity index (χ2n) is 4.05. The molecule has 0 amide bonds. The normalized spacial score (nSPS) is 10.3. The second-order valence-corrected chi connectivity index (χ2v) is 5.05. The van der Waals surface area contributed by atoms with E-state index in [4.69, 9.17) is 0 Å². The molecular formula is C14H17N3S. The standard InChI is InChI=1S/C14H17N3S/c1-3-16-13-8-15-9-14(17-13)18-10-12-6-4-5-11(2)7-12/h4-9H,3,10H2,1-2H3,(H,16,17). The summed E-state index contributed by atoms with van der Waals surface area (Å²) in [7, 11) is 0. The molecule has 1 N–H and O–H groups in total. The van der Waals surface area contributed by atoms with Crippen molar-refractivity contribution >= 4 is 17.6 Å². The van der Waals surface area contributed by atoms with Gasteiger partial charge in [0.1, 0.15) is 10.8 Å². The third-order valence-corrected chi connectivity index (χ3v) is 3.41. The Labute approximate surface area is 112 Å². The number of aryl methyl sites for hydroxylation is 1. The monoisotopic (exact) mass is 259 g/mol. The molecule has 1 heterocycles. The summed E-state index contributed by atoms with van der Waals surface area (Å²) in [6.07, 6.45) is 3.56. The van der Waals surface area contributed by atoms with Gasteiger partial charge in [0.25, 0.3) is 0 Å². The lowest BCUT2D eigenvalue weighted by Gasteiger charge is -2.05. The molecule has 2 aromatic rings. The molecule has 18 heavy (non-hydrogen) atoms. The molecule has 2 rings (SSSR count). The van der Waals surface area contributed by atoms with Gasteiger partial charge in [-0.05, 0) is 19.4 Å². The molecule has 0 aliphatic rings. The van der Waals surface area contributed by atoms with E-state index >= 15 is 0 Å². The molecule has 3 nitrogen and oxygen atoms in total. The summed E-state index contributed by atoms with van der Waals surface area (Å²) in [5.74, 6) is 1.76. The van der Waals surface area contributed by atoms with Crippen LogP contribution in [0.2, 0.25) is 0 Å². The van der Waals surface area contributed by atoms with Gasteiger partial charge >= 0.3 is 0 Å². The van der Waals surface area contributed by atoms with E-state index in [0.29, 0.717) is 0 Å². The maximum Gasteiger partial charge on any atom is 0.145 e. The molecule has 0 saturated carbocycles. The summed E-state index contributed by atoms with van der Waals surface area (Å²) >= 11 is 1.71. The number of aromatic nitrogens is 2. The van der Waals surface area contributed by atoms with Crippen LogP contribution in [0, 0.1) is 6.92 Å². The lowest BCUT2D eigenvalue weighted by atomic mass is 10.2. The molecule has 0 spiro atoms. The van der Waals surface area contributed by atoms with Crippen molar-refractivity contribution < 1.29 is 0 Å². The predicted molar refractivity (Wildman–Crippen MR) is 76.9 cm³/mol. The minimum atomic E-state index is 0.840. The van der Waals surface area contributed by atoms with Crippen molar-refractivity contribution in [1.29, 1.82) is 0 Å². The Morgan fingerprint density at radius 2 is 2.17 bits per heavy atom. The van der Waals surface area contributed by atoms with Gasteiger partial charge in [-0.25, -0.2) is 4.98 Å². The molecule has 1 aromatic heterocycles. The van der Waals surface area contributed by atoms with E-state index in [0.717, 1.165) is 23.1 Å². The summed E-state index contributed by atoms with van der Waals surface area (Å²) in [6.45, 7) is 5.02. The number of hydrogen-bond donors (Lipinski definition) is 1. The third-order valence-electron chi connectivity index (χ3n) is 2.44. The average Bonchev–Trinajstić information content (AvgIpc) is 2.37. The molecule has 0 unspecified atom stereocenters. The van der Waals surface area contributed by atoms with Gasteiger partial charge < -0.3 is 5.32 Å². The maximum atomic E-state index is 4.49. The Morgan fingerprint density at radius 3 is 2.94 bits per heavy atom. The molecule has 1 aromatic carbocycles. The Balaban J connectivity index is 1.99. The fourth-order valence-corrected chi connectivity index (χ4v) is 2.44. The summed E-state index contributed by atoms with van der Waals surface area (Å²) in [5.41, 5.74) is 2.61. The summed E-state index contributed by atoms with van der Waals surface area (Å²) in [6, 6.07) is 8.54. The number of benzene rings is 1. The summed E-state index contributed by atoms with van der Waals surface area (Å²) in [4.78, 5) is 8.68. The van der Waals surface area contributed by atoms with Gasteiger partial charge in [-0.1, -0.05) is 29.8 Å². The van der Waals surface area contributed by atoms with Crippen molar-refractivity contribution in [3.05, 3.63) is 47.8 Å². The molecule has 0 atom stereocenters. The van der Waals surface area contributed by atoms with Crippen molar-refractivity contribution in [3.63, 3.8) is 0 Å². The first-order valence-corrected chi connectivity index (χ1v) is 7.00. The fourth-order valence-electron chi connectivity index (χ4n) is 1.64. The zero-order valence-electron chi connectivity index (χ0n) is 10.7. The number of nitrogens with zero attached hydrogens (tertiary/aromatic N) is 2. The number of rotatable bonds is 5. The minimum Gasteiger partial charge on any atom is -0.369 e. The molecular weight excluding hydrogens is 242 g/mol. The van der Waals surface area contributed by atoms with Crippen molar-refractivity contribution in [1.82, 2.24) is 9.97 Å². The van der Waals surface area contributed by atoms with E-state index < -0.39 is 0 Å². The van der Waals surface area contributed by atoms with Crippen LogP contribution >= 0.6 is 11.8 Å². The van der Waals surface area contributed by atoms with Crippen LogP contribution in [0.1, 0.15) is 18.1 Å². The number of anilines is 1. The van der Waals surface area contributed by atoms with E-state index in [-0.39, 0.29) is 0 Å². The Hall–Kier alpha value is -1.55. The molecule has 0 aliphatic carbocycles. The van der Waals surface area contributed by atoms with E-state index in [1.54, 1.807) is 24.2 Å². The van der Waals surface area contributed by atoms with E-state index in [9.17, 15) is 0 Å². The van der Waals surface area contributed by atoms with Crippen LogP contribution in [0.3, 0.4) is 0 Å². The van der Waals surface area contributed by atoms with E-state index in [2.05, 4.69) is 46.5 Å². The highest BCUT2D eigenvalue weighted by Gasteiger charge is 2.00. The molecule has 0 aliphatic heterocycles. The topological polar surface area (TPSA) is 37.8 Å². The Bertz CT molecular complexity index is 514. The number of hydrogen-bond acceptors (Lipinski definition) is 4. The molecule has 4 heteroatoms. The van der Waals surface area contributed by atoms with Crippen LogP contribution in [-0.2, 0) is 5.75 Å². The lowest BCUT2D eigenvalue weighted by molar-refractivity contribution is 1.03. The number of nitrogens with one attached hydrogen (secondary N) is 1. The van der Waals surface area contributed by atoms with Gasteiger partial charge in [-0.15, -0.1) is 11.8 Å². The SMILES string of the molecule is CCNc1cncc(SCc2cccc(C)c2)n1. The molecule has 0 fully saturated rings. The largest absolute Gasteiger partial charge is 0.369 e. The van der Waals surface area contributed by atoms with Crippen LogP contribution < -0.4 is 5.32 Å². The van der Waals surface area contributed by atoms with Crippen molar-refractivity contribution in [3.8, 4) is 0 Å². The number of thioether (sulfide) groups is 1. The van der Waals surface area contributed by atoms with Crippen LogP contribution in [0.5, 0.6) is 0 Å². The second kappa shape index (κ2) is 6.40. The first-order chi connectivity index (χ1) is 8.78. The maximum absolute atomic E-state index is 4.49. The van der Waals surface area contributed by atoms with Crippen LogP contribution in [0.25, 0.3) is 0 Å². The highest BCUT2D eigenvalue weighted by molar-refractivity contribution is 7.98. The minimum absolute atomic E-state index is 0.840. The van der Waals surface area contributed by atoms with Gasteiger partial charge in [0, 0.05) is 12.3 Å². The molecule has 94 valence electrons. The van der Waals surface area contributed by atoms with Crippen molar-refractivity contribution in [2.24, 2.45) is 0 Å². The van der Waals surface area contributed by atoms with Crippen LogP contribution in [-0.4, -0.2) is 16.5 Å². The first kappa shape index (κ1) is 12.9. The van der Waals surface area contributed by atoms with Crippen molar-refractivity contribution in [2.75, 3.05) is 11.9 Å². The zero-order valence-corrected chi connectivity index (χ0v) is 11.5. The molecule has 0 bridgehead atoms. The van der Waals surface area contributed by atoms with Crippen LogP contribution in [0.4, 0.5) is 5.82 Å². The Morgan fingerprint density at radius 1 is 1.28 bits per heavy atom. The lowest BCUT2D eigenvalue weighted by Crippen LogP contribution is -2.00. The highest BCUT2D eigenvalue weighted by Crippen LogP contribution is 2.21. The van der Waals surface area contributed by atoms with Gasteiger partial charge in [0.05, 0.1) is 12.4 Å². The van der Waals surface area contributed by atoms with Gasteiger partial charge in [0.15, 0.2) is 0 Å². The predicted octanol–water partition coefficient (Wildman–Crippen LogP) is 3.51.